The summed E-state index contributed by atoms with van der Waals surface area (Å²) in [7, 11) is 0. The molecule has 114 valence electrons. The van der Waals surface area contributed by atoms with E-state index in [1.807, 2.05) is 30.3 Å². The smallest absolute Gasteiger partial charge is 0.273 e. The number of carbonyl (C=O) groups is 1. The molecule has 4 N–H and O–H groups in total. The Morgan fingerprint density at radius 2 is 1.86 bits per heavy atom. The average Bonchev–Trinajstić information content (AvgIpc) is 2.54. The van der Waals surface area contributed by atoms with Gasteiger partial charge in [0.2, 0.25) is 0 Å². The molecule has 0 fully saturated rings. The van der Waals surface area contributed by atoms with Crippen molar-refractivity contribution in [3.05, 3.63) is 64.7 Å². The largest absolute Gasteiger partial charge is 0.507 e. The first-order chi connectivity index (χ1) is 10.6. The quantitative estimate of drug-likeness (QED) is 0.512. The number of aromatic hydroxyl groups is 1. The normalized spacial score (nSPS) is 9.86. The first-order valence-corrected chi connectivity index (χ1v) is 7.21. The van der Waals surface area contributed by atoms with Crippen LogP contribution < -0.4 is 16.2 Å². The van der Waals surface area contributed by atoms with Gasteiger partial charge in [-0.3, -0.25) is 15.6 Å². The molecule has 0 radical (unpaired) electrons. The molecule has 0 spiro atoms. The lowest BCUT2D eigenvalue weighted by Crippen LogP contribution is -2.46. The summed E-state index contributed by atoms with van der Waals surface area (Å²) in [5.41, 5.74) is 6.08. The van der Waals surface area contributed by atoms with Crippen molar-refractivity contribution in [1.82, 2.24) is 16.2 Å². The highest BCUT2D eigenvalue weighted by molar-refractivity contribution is 7.80. The van der Waals surface area contributed by atoms with Crippen molar-refractivity contribution in [3.8, 4) is 5.75 Å². The maximum absolute atomic E-state index is 11.9. The number of rotatable bonds is 3. The maximum atomic E-state index is 11.9. The van der Waals surface area contributed by atoms with E-state index < -0.39 is 5.91 Å². The summed E-state index contributed by atoms with van der Waals surface area (Å²) in [6, 6.07) is 13.9. The van der Waals surface area contributed by atoms with Crippen LogP contribution in [0.4, 0.5) is 0 Å². The van der Waals surface area contributed by atoms with Gasteiger partial charge in [0.1, 0.15) is 5.75 Å². The number of hydrogen-bond acceptors (Lipinski definition) is 3. The summed E-state index contributed by atoms with van der Waals surface area (Å²) >= 11 is 10.8. The van der Waals surface area contributed by atoms with Crippen LogP contribution in [0.2, 0.25) is 5.02 Å². The third kappa shape index (κ3) is 4.61. The second kappa shape index (κ2) is 7.63. The third-order valence-corrected chi connectivity index (χ3v) is 3.27. The summed E-state index contributed by atoms with van der Waals surface area (Å²) < 4.78 is 0. The highest BCUT2D eigenvalue weighted by Crippen LogP contribution is 2.20. The van der Waals surface area contributed by atoms with Crippen molar-refractivity contribution in [3.63, 3.8) is 0 Å². The minimum atomic E-state index is -0.538. The standard InChI is InChI=1S/C15H14ClN3O2S/c16-11-6-7-13(20)12(8-11)14(21)18-19-15(22)17-9-10-4-2-1-3-5-10/h1-8,20H,9H2,(H,18,21)(H2,17,19,22). The lowest BCUT2D eigenvalue weighted by Gasteiger charge is -2.12. The molecule has 0 bridgehead atoms. The van der Waals surface area contributed by atoms with Crippen LogP contribution in [0.15, 0.2) is 48.5 Å². The molecule has 2 aromatic rings. The van der Waals surface area contributed by atoms with Gasteiger partial charge >= 0.3 is 0 Å². The first-order valence-electron chi connectivity index (χ1n) is 6.43. The minimum Gasteiger partial charge on any atom is -0.507 e. The number of phenols is 1. The fourth-order valence-corrected chi connectivity index (χ4v) is 1.99. The highest BCUT2D eigenvalue weighted by Gasteiger charge is 2.11. The number of hydrogen-bond donors (Lipinski definition) is 4. The van der Waals surface area contributed by atoms with Crippen LogP contribution in [0.5, 0.6) is 5.75 Å². The number of hydrazine groups is 1. The summed E-state index contributed by atoms with van der Waals surface area (Å²) in [5.74, 6) is -0.698. The molecular weight excluding hydrogens is 322 g/mol. The van der Waals surface area contributed by atoms with E-state index in [9.17, 15) is 9.90 Å². The molecule has 0 saturated heterocycles. The molecule has 1 amide bonds. The number of amides is 1. The van der Waals surface area contributed by atoms with Gasteiger partial charge in [0, 0.05) is 11.6 Å². The Morgan fingerprint density at radius 3 is 2.59 bits per heavy atom. The van der Waals surface area contributed by atoms with Gasteiger partial charge in [-0.2, -0.15) is 0 Å². The van der Waals surface area contributed by atoms with Crippen LogP contribution in [0, 0.1) is 0 Å². The van der Waals surface area contributed by atoms with E-state index in [0.29, 0.717) is 11.6 Å². The average molecular weight is 336 g/mol. The van der Waals surface area contributed by atoms with Gasteiger partial charge < -0.3 is 10.4 Å². The monoisotopic (exact) mass is 335 g/mol. The van der Waals surface area contributed by atoms with E-state index in [1.54, 1.807) is 0 Å². The van der Waals surface area contributed by atoms with E-state index in [1.165, 1.54) is 18.2 Å². The Kier molecular flexibility index (Phi) is 5.57. The third-order valence-electron chi connectivity index (χ3n) is 2.79. The maximum Gasteiger partial charge on any atom is 0.273 e. The summed E-state index contributed by atoms with van der Waals surface area (Å²) in [6.45, 7) is 0.533. The molecule has 0 saturated carbocycles. The van der Waals surface area contributed by atoms with Gasteiger partial charge in [-0.1, -0.05) is 41.9 Å². The second-order valence-corrected chi connectivity index (χ2v) is 5.25. The summed E-state index contributed by atoms with van der Waals surface area (Å²) in [4.78, 5) is 11.9. The van der Waals surface area contributed by atoms with Gasteiger partial charge in [-0.05, 0) is 36.0 Å². The van der Waals surface area contributed by atoms with E-state index in [-0.39, 0.29) is 16.4 Å². The molecule has 2 rings (SSSR count). The Balaban J connectivity index is 1.83. The molecule has 0 aliphatic carbocycles. The summed E-state index contributed by atoms with van der Waals surface area (Å²) in [5, 5.41) is 13.2. The highest BCUT2D eigenvalue weighted by atomic mass is 35.5. The van der Waals surface area contributed by atoms with Gasteiger partial charge in [-0.15, -0.1) is 0 Å². The zero-order chi connectivity index (χ0) is 15.9. The number of thiocarbonyl (C=S) groups is 1. The van der Waals surface area contributed by atoms with Gasteiger partial charge in [0.05, 0.1) is 5.56 Å². The molecule has 0 heterocycles. The second-order valence-electron chi connectivity index (χ2n) is 4.41. The van der Waals surface area contributed by atoms with Crippen LogP contribution in [-0.2, 0) is 6.54 Å². The molecule has 0 aromatic heterocycles. The molecule has 22 heavy (non-hydrogen) atoms. The molecule has 0 aliphatic rings. The Labute approximate surface area is 138 Å². The minimum absolute atomic E-state index is 0.0610. The van der Waals surface area contributed by atoms with E-state index in [4.69, 9.17) is 23.8 Å². The fourth-order valence-electron chi connectivity index (χ4n) is 1.69. The predicted molar refractivity (Wildman–Crippen MR) is 89.6 cm³/mol. The van der Waals surface area contributed by atoms with Gasteiger partial charge in [0.15, 0.2) is 5.11 Å². The molecule has 0 unspecified atom stereocenters. The number of phenolic OH excluding ortho intramolecular Hbond substituents is 1. The van der Waals surface area contributed by atoms with E-state index in [2.05, 4.69) is 16.2 Å². The number of halogens is 1. The van der Waals surface area contributed by atoms with Crippen molar-refractivity contribution in [2.45, 2.75) is 6.54 Å². The lowest BCUT2D eigenvalue weighted by molar-refractivity contribution is 0.0941. The number of carbonyl (C=O) groups excluding carboxylic acids is 1. The molecule has 0 aliphatic heterocycles. The van der Waals surface area contributed by atoms with Crippen molar-refractivity contribution in [1.29, 1.82) is 0 Å². The van der Waals surface area contributed by atoms with Crippen LogP contribution >= 0.6 is 23.8 Å². The summed E-state index contributed by atoms with van der Waals surface area (Å²) in [6.07, 6.45) is 0. The molecule has 5 nitrogen and oxygen atoms in total. The molecular formula is C15H14ClN3O2S. The Hall–Kier alpha value is -2.31. The van der Waals surface area contributed by atoms with Crippen molar-refractivity contribution >= 4 is 34.8 Å². The van der Waals surface area contributed by atoms with Crippen LogP contribution in [0.1, 0.15) is 15.9 Å². The Morgan fingerprint density at radius 1 is 1.14 bits per heavy atom. The van der Waals surface area contributed by atoms with Gasteiger partial charge in [0.25, 0.3) is 5.91 Å². The van der Waals surface area contributed by atoms with Crippen LogP contribution in [0.25, 0.3) is 0 Å². The van der Waals surface area contributed by atoms with Gasteiger partial charge in [-0.25, -0.2) is 0 Å². The van der Waals surface area contributed by atoms with Crippen molar-refractivity contribution < 1.29 is 9.90 Å². The molecule has 0 atom stereocenters. The van der Waals surface area contributed by atoms with E-state index >= 15 is 0 Å². The first kappa shape index (κ1) is 16.1. The van der Waals surface area contributed by atoms with Crippen molar-refractivity contribution in [2.24, 2.45) is 0 Å². The fraction of sp³-hybridized carbons (Fsp3) is 0.0667. The van der Waals surface area contributed by atoms with Crippen LogP contribution in [0.3, 0.4) is 0 Å². The lowest BCUT2D eigenvalue weighted by atomic mass is 10.2. The van der Waals surface area contributed by atoms with Crippen LogP contribution in [-0.4, -0.2) is 16.1 Å². The predicted octanol–water partition coefficient (Wildman–Crippen LogP) is 2.35. The number of nitrogens with one attached hydrogen (secondary N) is 3. The molecule has 2 aromatic carbocycles. The Bertz CT molecular complexity index is 680. The zero-order valence-corrected chi connectivity index (χ0v) is 13.0. The van der Waals surface area contributed by atoms with Crippen molar-refractivity contribution in [2.75, 3.05) is 0 Å². The topological polar surface area (TPSA) is 73.4 Å². The molecule has 7 heteroatoms. The zero-order valence-electron chi connectivity index (χ0n) is 11.5. The number of benzene rings is 2. The van der Waals surface area contributed by atoms with E-state index in [0.717, 1.165) is 5.56 Å². The SMILES string of the molecule is O=C(NNC(=S)NCc1ccccc1)c1cc(Cl)ccc1O.